The summed E-state index contributed by atoms with van der Waals surface area (Å²) in [5.74, 6) is -0.376. The Labute approximate surface area is 111 Å². The number of aryl methyl sites for hydroxylation is 1. The van der Waals surface area contributed by atoms with E-state index in [1.165, 1.54) is 6.07 Å². The SMILES string of the molecule is Fc1ccc(CNCCCn2cccn2)cc1Cl. The molecule has 0 amide bonds. The third kappa shape index (κ3) is 3.82. The molecule has 1 heterocycles. The predicted molar refractivity (Wildman–Crippen MR) is 70.0 cm³/mol. The molecule has 2 aromatic rings. The highest BCUT2D eigenvalue weighted by atomic mass is 35.5. The van der Waals surface area contributed by atoms with Gasteiger partial charge >= 0.3 is 0 Å². The summed E-state index contributed by atoms with van der Waals surface area (Å²) in [6.07, 6.45) is 4.71. The zero-order valence-corrected chi connectivity index (χ0v) is 10.7. The molecule has 0 radical (unpaired) electrons. The van der Waals surface area contributed by atoms with Crippen LogP contribution in [-0.2, 0) is 13.1 Å². The second-order valence-electron chi connectivity index (χ2n) is 4.05. The first-order valence-electron chi connectivity index (χ1n) is 5.88. The van der Waals surface area contributed by atoms with E-state index in [0.29, 0.717) is 6.54 Å². The average Bonchev–Trinajstić information content (AvgIpc) is 2.86. The molecular formula is C13H15ClFN3. The quantitative estimate of drug-likeness (QED) is 0.816. The Morgan fingerprint density at radius 3 is 3.00 bits per heavy atom. The Bertz CT molecular complexity index is 485. The van der Waals surface area contributed by atoms with Gasteiger partial charge in [0.15, 0.2) is 0 Å². The fourth-order valence-electron chi connectivity index (χ4n) is 1.68. The molecule has 0 spiro atoms. The lowest BCUT2D eigenvalue weighted by Gasteiger charge is -2.06. The minimum absolute atomic E-state index is 0.172. The van der Waals surface area contributed by atoms with Gasteiger partial charge in [-0.1, -0.05) is 17.7 Å². The maximum absolute atomic E-state index is 12.9. The lowest BCUT2D eigenvalue weighted by molar-refractivity contribution is 0.543. The lowest BCUT2D eigenvalue weighted by atomic mass is 10.2. The summed E-state index contributed by atoms with van der Waals surface area (Å²) < 4.78 is 14.8. The molecule has 0 saturated heterocycles. The fourth-order valence-corrected chi connectivity index (χ4v) is 1.88. The Morgan fingerprint density at radius 2 is 2.28 bits per heavy atom. The first-order valence-corrected chi connectivity index (χ1v) is 6.25. The van der Waals surface area contributed by atoms with Crippen molar-refractivity contribution in [2.75, 3.05) is 6.54 Å². The molecule has 0 saturated carbocycles. The molecule has 1 aromatic heterocycles. The summed E-state index contributed by atoms with van der Waals surface area (Å²) >= 11 is 5.71. The fraction of sp³-hybridized carbons (Fsp3) is 0.308. The smallest absolute Gasteiger partial charge is 0.141 e. The molecule has 0 atom stereocenters. The molecule has 0 unspecified atom stereocenters. The van der Waals surface area contributed by atoms with E-state index in [2.05, 4.69) is 10.4 Å². The van der Waals surface area contributed by atoms with E-state index < -0.39 is 0 Å². The Kier molecular flexibility index (Phi) is 4.73. The number of nitrogens with one attached hydrogen (secondary N) is 1. The summed E-state index contributed by atoms with van der Waals surface area (Å²) in [5.41, 5.74) is 0.987. The van der Waals surface area contributed by atoms with Crippen LogP contribution in [-0.4, -0.2) is 16.3 Å². The second kappa shape index (κ2) is 6.52. The standard InChI is InChI=1S/C13H15ClFN3/c14-12-9-11(3-4-13(12)15)10-16-5-1-7-18-8-2-6-17-18/h2-4,6,8-9,16H,1,5,7,10H2. The van der Waals surface area contributed by atoms with Crippen molar-refractivity contribution in [3.63, 3.8) is 0 Å². The largest absolute Gasteiger partial charge is 0.313 e. The molecular weight excluding hydrogens is 253 g/mol. The number of hydrogen-bond acceptors (Lipinski definition) is 2. The molecule has 1 aromatic carbocycles. The second-order valence-corrected chi connectivity index (χ2v) is 4.46. The highest BCUT2D eigenvalue weighted by Gasteiger charge is 2.00. The number of halogens is 2. The normalized spacial score (nSPS) is 10.8. The molecule has 18 heavy (non-hydrogen) atoms. The van der Waals surface area contributed by atoms with Crippen LogP contribution in [0.3, 0.4) is 0 Å². The summed E-state index contributed by atoms with van der Waals surface area (Å²) in [7, 11) is 0. The van der Waals surface area contributed by atoms with Gasteiger partial charge in [-0.3, -0.25) is 4.68 Å². The summed E-state index contributed by atoms with van der Waals surface area (Å²) in [6, 6.07) is 6.69. The van der Waals surface area contributed by atoms with Gasteiger partial charge < -0.3 is 5.32 Å². The number of benzene rings is 1. The van der Waals surface area contributed by atoms with Crippen molar-refractivity contribution in [1.29, 1.82) is 0 Å². The van der Waals surface area contributed by atoms with Crippen LogP contribution in [0.25, 0.3) is 0 Å². The van der Waals surface area contributed by atoms with Crippen LogP contribution in [0.4, 0.5) is 4.39 Å². The first-order chi connectivity index (χ1) is 8.75. The molecule has 0 fully saturated rings. The number of hydrogen-bond donors (Lipinski definition) is 1. The van der Waals surface area contributed by atoms with E-state index in [9.17, 15) is 4.39 Å². The Morgan fingerprint density at radius 1 is 1.39 bits per heavy atom. The highest BCUT2D eigenvalue weighted by molar-refractivity contribution is 6.30. The van der Waals surface area contributed by atoms with Crippen LogP contribution in [0.2, 0.25) is 5.02 Å². The monoisotopic (exact) mass is 267 g/mol. The Balaban J connectivity index is 1.67. The molecule has 2 rings (SSSR count). The van der Waals surface area contributed by atoms with E-state index in [4.69, 9.17) is 11.6 Å². The van der Waals surface area contributed by atoms with Gasteiger partial charge in [-0.05, 0) is 36.7 Å². The number of nitrogens with zero attached hydrogens (tertiary/aromatic N) is 2. The van der Waals surface area contributed by atoms with E-state index in [1.807, 2.05) is 16.9 Å². The van der Waals surface area contributed by atoms with Crippen molar-refractivity contribution < 1.29 is 4.39 Å². The third-order valence-corrected chi connectivity index (χ3v) is 2.90. The molecule has 0 bridgehead atoms. The van der Waals surface area contributed by atoms with E-state index in [0.717, 1.165) is 25.1 Å². The minimum Gasteiger partial charge on any atom is -0.313 e. The van der Waals surface area contributed by atoms with Gasteiger partial charge in [-0.2, -0.15) is 5.10 Å². The zero-order valence-electron chi connectivity index (χ0n) is 9.94. The lowest BCUT2D eigenvalue weighted by Crippen LogP contribution is -2.16. The van der Waals surface area contributed by atoms with Gasteiger partial charge in [0.2, 0.25) is 0 Å². The predicted octanol–water partition coefficient (Wildman–Crippen LogP) is 2.86. The molecule has 1 N–H and O–H groups in total. The third-order valence-electron chi connectivity index (χ3n) is 2.61. The van der Waals surface area contributed by atoms with Crippen molar-refractivity contribution in [2.45, 2.75) is 19.5 Å². The highest BCUT2D eigenvalue weighted by Crippen LogP contribution is 2.15. The topological polar surface area (TPSA) is 29.9 Å². The summed E-state index contributed by atoms with van der Waals surface area (Å²) in [4.78, 5) is 0. The Hall–Kier alpha value is -1.39. The van der Waals surface area contributed by atoms with Crippen LogP contribution < -0.4 is 5.32 Å². The van der Waals surface area contributed by atoms with Gasteiger partial charge in [-0.15, -0.1) is 0 Å². The van der Waals surface area contributed by atoms with Crippen LogP contribution >= 0.6 is 11.6 Å². The van der Waals surface area contributed by atoms with Gasteiger partial charge in [0, 0.05) is 25.5 Å². The van der Waals surface area contributed by atoms with Crippen molar-refractivity contribution in [3.8, 4) is 0 Å². The van der Waals surface area contributed by atoms with Gasteiger partial charge in [-0.25, -0.2) is 4.39 Å². The van der Waals surface area contributed by atoms with Crippen molar-refractivity contribution >= 4 is 11.6 Å². The van der Waals surface area contributed by atoms with Gasteiger partial charge in [0.05, 0.1) is 5.02 Å². The number of rotatable bonds is 6. The van der Waals surface area contributed by atoms with Crippen LogP contribution in [0.1, 0.15) is 12.0 Å². The van der Waals surface area contributed by atoms with Crippen molar-refractivity contribution in [2.24, 2.45) is 0 Å². The molecule has 5 heteroatoms. The van der Waals surface area contributed by atoms with Gasteiger partial charge in [0.1, 0.15) is 5.82 Å². The van der Waals surface area contributed by atoms with Gasteiger partial charge in [0.25, 0.3) is 0 Å². The molecule has 3 nitrogen and oxygen atoms in total. The van der Waals surface area contributed by atoms with Crippen LogP contribution in [0, 0.1) is 5.82 Å². The molecule has 0 aliphatic heterocycles. The van der Waals surface area contributed by atoms with E-state index in [-0.39, 0.29) is 10.8 Å². The molecule has 0 aliphatic rings. The maximum Gasteiger partial charge on any atom is 0.141 e. The van der Waals surface area contributed by atoms with E-state index >= 15 is 0 Å². The van der Waals surface area contributed by atoms with E-state index in [1.54, 1.807) is 18.3 Å². The zero-order chi connectivity index (χ0) is 12.8. The molecule has 96 valence electrons. The first kappa shape index (κ1) is 13.1. The summed E-state index contributed by atoms with van der Waals surface area (Å²) in [5, 5.41) is 7.58. The summed E-state index contributed by atoms with van der Waals surface area (Å²) in [6.45, 7) is 2.47. The maximum atomic E-state index is 12.9. The van der Waals surface area contributed by atoms with Crippen LogP contribution in [0.15, 0.2) is 36.7 Å². The van der Waals surface area contributed by atoms with Crippen LogP contribution in [0.5, 0.6) is 0 Å². The average molecular weight is 268 g/mol. The van der Waals surface area contributed by atoms with Crippen molar-refractivity contribution in [1.82, 2.24) is 15.1 Å². The van der Waals surface area contributed by atoms with Crippen molar-refractivity contribution in [3.05, 3.63) is 53.1 Å². The number of aromatic nitrogens is 2. The molecule has 0 aliphatic carbocycles. The minimum atomic E-state index is -0.376.